The van der Waals surface area contributed by atoms with E-state index in [4.69, 9.17) is 29.0 Å². The first-order valence-corrected chi connectivity index (χ1v) is 15.8. The van der Waals surface area contributed by atoms with Gasteiger partial charge >= 0.3 is 12.0 Å². The molecule has 1 aromatic carbocycles. The lowest BCUT2D eigenvalue weighted by atomic mass is 9.94. The number of aryl methyl sites for hydroxylation is 1. The summed E-state index contributed by atoms with van der Waals surface area (Å²) in [4.78, 5) is 34.3. The van der Waals surface area contributed by atoms with Gasteiger partial charge in [0.25, 0.3) is 0 Å². The molecule has 2 unspecified atom stereocenters. The molecule has 5 rings (SSSR count). The van der Waals surface area contributed by atoms with Crippen LogP contribution < -0.4 is 10.1 Å². The molecule has 0 bridgehead atoms. The minimum absolute atomic E-state index is 0.0730. The van der Waals surface area contributed by atoms with Gasteiger partial charge in [0.1, 0.15) is 12.3 Å². The van der Waals surface area contributed by atoms with Gasteiger partial charge in [0.15, 0.2) is 18.7 Å². The number of carbonyl (C=O) groups is 2. The number of carbonyl (C=O) groups excluding carboxylic acids is 2. The van der Waals surface area contributed by atoms with Crippen molar-refractivity contribution >= 4 is 23.0 Å². The van der Waals surface area contributed by atoms with Crippen LogP contribution in [0.15, 0.2) is 30.3 Å². The smallest absolute Gasteiger partial charge is 0.325 e. The van der Waals surface area contributed by atoms with Crippen molar-refractivity contribution in [2.45, 2.75) is 78.2 Å². The van der Waals surface area contributed by atoms with E-state index in [1.807, 2.05) is 42.8 Å². The van der Waals surface area contributed by atoms with Crippen molar-refractivity contribution in [1.82, 2.24) is 29.9 Å². The van der Waals surface area contributed by atoms with Crippen LogP contribution in [-0.2, 0) is 25.5 Å². The average Bonchev–Trinajstić information content (AvgIpc) is 3.37. The van der Waals surface area contributed by atoms with Gasteiger partial charge < -0.3 is 29.2 Å². The minimum Gasteiger partial charge on any atom is -0.468 e. The van der Waals surface area contributed by atoms with Crippen molar-refractivity contribution in [2.75, 3.05) is 46.8 Å². The summed E-state index contributed by atoms with van der Waals surface area (Å²) in [5.41, 5.74) is 4.31. The lowest BCUT2D eigenvalue weighted by Gasteiger charge is -2.50. The van der Waals surface area contributed by atoms with Gasteiger partial charge in [-0.15, -0.1) is 0 Å². The van der Waals surface area contributed by atoms with E-state index in [2.05, 4.69) is 30.1 Å². The number of piperazine rings is 1. The number of nitrogens with one attached hydrogen (secondary N) is 1. The van der Waals surface area contributed by atoms with Crippen LogP contribution in [0.25, 0.3) is 22.3 Å². The second-order valence-corrected chi connectivity index (χ2v) is 12.4. The molecule has 0 aliphatic carbocycles. The maximum absolute atomic E-state index is 13.1. The number of fused-ring (bicyclic) bond motifs is 1. The molecule has 2 aliphatic rings. The van der Waals surface area contributed by atoms with Crippen molar-refractivity contribution < 1.29 is 28.5 Å². The van der Waals surface area contributed by atoms with E-state index in [-0.39, 0.29) is 43.8 Å². The number of pyridine rings is 1. The Morgan fingerprint density at radius 2 is 1.96 bits per heavy atom. The Bertz CT molecular complexity index is 1480. The molecule has 0 saturated carbocycles. The molecule has 2 amide bonds. The summed E-state index contributed by atoms with van der Waals surface area (Å²) in [6, 6.07) is 9.68. The summed E-state index contributed by atoms with van der Waals surface area (Å²) in [5, 5.41) is 8.72. The van der Waals surface area contributed by atoms with Crippen LogP contribution in [0.2, 0.25) is 0 Å². The largest absolute Gasteiger partial charge is 0.468 e. The Morgan fingerprint density at radius 3 is 2.64 bits per heavy atom. The number of amides is 2. The van der Waals surface area contributed by atoms with Crippen LogP contribution in [0.3, 0.4) is 0 Å². The highest BCUT2D eigenvalue weighted by molar-refractivity contribution is 5.85. The molecule has 2 aliphatic heterocycles. The van der Waals surface area contributed by atoms with E-state index < -0.39 is 5.97 Å². The zero-order chi connectivity index (χ0) is 32.1. The van der Waals surface area contributed by atoms with Gasteiger partial charge in [-0.3, -0.25) is 9.69 Å². The number of ether oxygens (including phenoxy) is 4. The van der Waals surface area contributed by atoms with Gasteiger partial charge in [0.2, 0.25) is 0 Å². The van der Waals surface area contributed by atoms with E-state index in [1.165, 1.54) is 0 Å². The Kier molecular flexibility index (Phi) is 10.3. The fourth-order valence-electron chi connectivity index (χ4n) is 6.20. The highest BCUT2D eigenvalue weighted by Gasteiger charge is 2.40. The van der Waals surface area contributed by atoms with E-state index in [1.54, 1.807) is 18.9 Å². The topological polar surface area (TPSA) is 120 Å². The summed E-state index contributed by atoms with van der Waals surface area (Å²) >= 11 is 0. The maximum Gasteiger partial charge on any atom is 0.325 e. The van der Waals surface area contributed by atoms with Crippen molar-refractivity contribution in [3.05, 3.63) is 41.6 Å². The zero-order valence-electron chi connectivity index (χ0n) is 27.3. The quantitative estimate of drug-likeness (QED) is 0.255. The molecule has 12 heteroatoms. The third kappa shape index (κ3) is 7.40. The molecule has 2 atom stereocenters. The molecule has 12 nitrogen and oxygen atoms in total. The minimum atomic E-state index is -0.444. The summed E-state index contributed by atoms with van der Waals surface area (Å²) < 4.78 is 23.7. The molecule has 2 aromatic heterocycles. The molecule has 4 heterocycles. The maximum atomic E-state index is 13.1. The normalized spacial score (nSPS) is 20.3. The molecule has 3 aromatic rings. The third-order valence-electron chi connectivity index (χ3n) is 8.58. The Morgan fingerprint density at radius 1 is 1.18 bits per heavy atom. The zero-order valence-corrected chi connectivity index (χ0v) is 27.3. The highest BCUT2D eigenvalue weighted by atomic mass is 16.7. The number of nitrogens with zero attached hydrogens (tertiary/aromatic N) is 5. The number of rotatable bonds is 10. The molecule has 2 saturated heterocycles. The van der Waals surface area contributed by atoms with Crippen LogP contribution in [0.1, 0.15) is 64.4 Å². The van der Waals surface area contributed by atoms with E-state index in [0.29, 0.717) is 26.2 Å². The molecule has 45 heavy (non-hydrogen) atoms. The summed E-state index contributed by atoms with van der Waals surface area (Å²) in [7, 11) is 1.60. The van der Waals surface area contributed by atoms with Gasteiger partial charge in [-0.25, -0.2) is 14.5 Å². The Hall–Kier alpha value is -3.74. The molecule has 1 N–H and O–H groups in total. The van der Waals surface area contributed by atoms with E-state index in [9.17, 15) is 9.59 Å². The van der Waals surface area contributed by atoms with Gasteiger partial charge in [-0.1, -0.05) is 0 Å². The predicted molar refractivity (Wildman–Crippen MR) is 170 cm³/mol. The molecular formula is C33H46N6O6. The van der Waals surface area contributed by atoms with Gasteiger partial charge in [-0.2, -0.15) is 5.10 Å². The van der Waals surface area contributed by atoms with Crippen LogP contribution in [-0.4, -0.2) is 94.9 Å². The second-order valence-electron chi connectivity index (χ2n) is 12.4. The van der Waals surface area contributed by atoms with Crippen molar-refractivity contribution in [1.29, 1.82) is 0 Å². The number of hydrogen-bond donors (Lipinski definition) is 1. The van der Waals surface area contributed by atoms with Crippen molar-refractivity contribution in [3.8, 4) is 17.0 Å². The number of methoxy groups -OCH3 is 1. The van der Waals surface area contributed by atoms with Gasteiger partial charge in [0, 0.05) is 55.9 Å². The van der Waals surface area contributed by atoms with Crippen LogP contribution >= 0.6 is 0 Å². The number of aromatic nitrogens is 3. The fourth-order valence-corrected chi connectivity index (χ4v) is 6.20. The lowest BCUT2D eigenvalue weighted by Crippen LogP contribution is -2.64. The SMILES string of the molecule is CCOC(=O)CNC(=O)N1CC(C)(C)N(Cc2cc(-c3ccc(OCOC)cc3)nc3c2c(C)nn3C2CCCCO2)CC1C. The first-order valence-electron chi connectivity index (χ1n) is 15.8. The molecule has 244 valence electrons. The number of hydrogen-bond acceptors (Lipinski definition) is 9. The molecule has 2 fully saturated rings. The van der Waals surface area contributed by atoms with Crippen LogP contribution in [0, 0.1) is 6.92 Å². The predicted octanol–water partition coefficient (Wildman–Crippen LogP) is 4.65. The number of esters is 1. The molecular weight excluding hydrogens is 576 g/mol. The summed E-state index contributed by atoms with van der Waals surface area (Å²) in [6.07, 6.45) is 2.89. The Labute approximate surface area is 264 Å². The Balaban J connectivity index is 1.46. The monoisotopic (exact) mass is 622 g/mol. The van der Waals surface area contributed by atoms with Gasteiger partial charge in [0.05, 0.1) is 18.0 Å². The van der Waals surface area contributed by atoms with E-state index in [0.717, 1.165) is 58.6 Å². The average molecular weight is 623 g/mol. The van der Waals surface area contributed by atoms with Crippen LogP contribution in [0.5, 0.6) is 5.75 Å². The standard InChI is InChI=1S/C33H46N6O6/c1-7-43-29(40)17-34-32(41)38-20-33(4,5)37(18-22(38)2)19-25-16-27(24-11-13-26(14-12-24)45-21-42-6)35-31-30(25)23(3)36-39(31)28-10-8-9-15-44-28/h11-14,16,22,28H,7-10,15,17-21H2,1-6H3,(H,34,41). The van der Waals surface area contributed by atoms with Crippen molar-refractivity contribution in [3.63, 3.8) is 0 Å². The van der Waals surface area contributed by atoms with Gasteiger partial charge in [-0.05, 0) is 89.8 Å². The summed E-state index contributed by atoms with van der Waals surface area (Å²) in [5.74, 6) is 0.277. The summed E-state index contributed by atoms with van der Waals surface area (Å²) in [6.45, 7) is 12.9. The highest BCUT2D eigenvalue weighted by Crippen LogP contribution is 2.35. The lowest BCUT2D eigenvalue weighted by molar-refractivity contribution is -0.141. The second kappa shape index (κ2) is 14.1. The number of urea groups is 1. The third-order valence-corrected chi connectivity index (χ3v) is 8.58. The first-order chi connectivity index (χ1) is 21.6. The first kappa shape index (κ1) is 32.6. The fraction of sp³-hybridized carbons (Fsp3) is 0.576. The van der Waals surface area contributed by atoms with E-state index >= 15 is 0 Å². The van der Waals surface area contributed by atoms with Crippen LogP contribution in [0.4, 0.5) is 4.79 Å². The van der Waals surface area contributed by atoms with Crippen molar-refractivity contribution in [2.24, 2.45) is 0 Å². The number of benzene rings is 1. The molecule has 0 radical (unpaired) electrons. The molecule has 0 spiro atoms.